The molecule has 2 N–H and O–H groups in total. The fourth-order valence-corrected chi connectivity index (χ4v) is 2.94. The Morgan fingerprint density at radius 1 is 0.885 bits per heavy atom. The maximum Gasteiger partial charge on any atom is 0.269 e. The van der Waals surface area contributed by atoms with Crippen LogP contribution in [0.4, 0.5) is 0 Å². The summed E-state index contributed by atoms with van der Waals surface area (Å²) in [7, 11) is 1.54. The number of amides is 2. The highest BCUT2D eigenvalue weighted by Gasteiger charge is 2.19. The summed E-state index contributed by atoms with van der Waals surface area (Å²) in [6.07, 6.45) is 4.63. The van der Waals surface area contributed by atoms with Gasteiger partial charge in [-0.25, -0.2) is 0 Å². The first kappa shape index (κ1) is 17.8. The number of nitrogens with one attached hydrogen (secondary N) is 2. The summed E-state index contributed by atoms with van der Waals surface area (Å²) in [6, 6.07) is 13.6. The normalized spacial score (nSPS) is 13.9. The van der Waals surface area contributed by atoms with Crippen molar-refractivity contribution in [1.29, 1.82) is 0 Å². The zero-order chi connectivity index (χ0) is 18.4. The smallest absolute Gasteiger partial charge is 0.269 e. The van der Waals surface area contributed by atoms with Crippen LogP contribution in [0.3, 0.4) is 0 Å². The third-order valence-electron chi connectivity index (χ3n) is 4.35. The maximum atomic E-state index is 12.3. The molecule has 1 aliphatic rings. The predicted octanol–water partition coefficient (Wildman–Crippen LogP) is 3.09. The van der Waals surface area contributed by atoms with E-state index in [4.69, 9.17) is 9.47 Å². The molecule has 2 aromatic carbocycles. The van der Waals surface area contributed by atoms with Crippen LogP contribution < -0.4 is 20.3 Å². The largest absolute Gasteiger partial charge is 0.493 e. The van der Waals surface area contributed by atoms with Crippen molar-refractivity contribution in [3.05, 3.63) is 59.7 Å². The minimum absolute atomic E-state index is 0.203. The molecule has 2 aromatic rings. The van der Waals surface area contributed by atoms with E-state index in [0.29, 0.717) is 22.6 Å². The Morgan fingerprint density at radius 2 is 1.54 bits per heavy atom. The SMILES string of the molecule is COc1cc(C(=O)NNC(=O)c2ccccc2)ccc1OC1CCCC1. The lowest BCUT2D eigenvalue weighted by atomic mass is 10.2. The Labute approximate surface area is 152 Å². The number of methoxy groups -OCH3 is 1. The van der Waals surface area contributed by atoms with Gasteiger partial charge in [-0.15, -0.1) is 0 Å². The molecule has 0 spiro atoms. The van der Waals surface area contributed by atoms with Crippen molar-refractivity contribution in [2.45, 2.75) is 31.8 Å². The average Bonchev–Trinajstić information content (AvgIpc) is 3.20. The van der Waals surface area contributed by atoms with Gasteiger partial charge in [-0.3, -0.25) is 20.4 Å². The summed E-state index contributed by atoms with van der Waals surface area (Å²) < 4.78 is 11.3. The van der Waals surface area contributed by atoms with Crippen LogP contribution >= 0.6 is 0 Å². The van der Waals surface area contributed by atoms with Gasteiger partial charge in [0.15, 0.2) is 11.5 Å². The number of hydrogen-bond donors (Lipinski definition) is 2. The highest BCUT2D eigenvalue weighted by Crippen LogP contribution is 2.32. The van der Waals surface area contributed by atoms with Crippen LogP contribution in [-0.2, 0) is 0 Å². The van der Waals surface area contributed by atoms with Gasteiger partial charge < -0.3 is 9.47 Å². The molecule has 0 saturated heterocycles. The Bertz CT molecular complexity index is 771. The molecule has 6 heteroatoms. The minimum Gasteiger partial charge on any atom is -0.493 e. The zero-order valence-corrected chi connectivity index (χ0v) is 14.7. The maximum absolute atomic E-state index is 12.3. The van der Waals surface area contributed by atoms with E-state index < -0.39 is 5.91 Å². The molecule has 6 nitrogen and oxygen atoms in total. The van der Waals surface area contributed by atoms with E-state index in [1.807, 2.05) is 6.07 Å². The van der Waals surface area contributed by atoms with Gasteiger partial charge in [-0.05, 0) is 56.0 Å². The topological polar surface area (TPSA) is 76.7 Å². The van der Waals surface area contributed by atoms with Crippen molar-refractivity contribution in [2.24, 2.45) is 0 Å². The van der Waals surface area contributed by atoms with Gasteiger partial charge in [0.1, 0.15) is 0 Å². The Morgan fingerprint density at radius 3 is 2.19 bits per heavy atom. The molecular formula is C20H22N2O4. The molecule has 26 heavy (non-hydrogen) atoms. The Balaban J connectivity index is 1.62. The quantitative estimate of drug-likeness (QED) is 0.809. The number of benzene rings is 2. The summed E-state index contributed by atoms with van der Waals surface area (Å²) in [5.74, 6) is 0.315. The van der Waals surface area contributed by atoms with E-state index in [1.54, 1.807) is 42.5 Å². The summed E-state index contributed by atoms with van der Waals surface area (Å²) in [6.45, 7) is 0. The molecular weight excluding hydrogens is 332 g/mol. The molecule has 1 aliphatic carbocycles. The number of hydrazine groups is 1. The third-order valence-corrected chi connectivity index (χ3v) is 4.35. The summed E-state index contributed by atoms with van der Waals surface area (Å²) in [5.41, 5.74) is 5.64. The number of ether oxygens (including phenoxy) is 2. The van der Waals surface area contributed by atoms with E-state index in [2.05, 4.69) is 10.9 Å². The molecule has 0 aliphatic heterocycles. The third kappa shape index (κ3) is 4.33. The van der Waals surface area contributed by atoms with Gasteiger partial charge in [0.05, 0.1) is 13.2 Å². The highest BCUT2D eigenvalue weighted by molar-refractivity contribution is 5.99. The lowest BCUT2D eigenvalue weighted by Crippen LogP contribution is -2.41. The number of rotatable bonds is 5. The lowest BCUT2D eigenvalue weighted by Gasteiger charge is -2.16. The van der Waals surface area contributed by atoms with Crippen LogP contribution in [-0.4, -0.2) is 25.0 Å². The molecule has 3 rings (SSSR count). The van der Waals surface area contributed by atoms with Crippen molar-refractivity contribution in [3.63, 3.8) is 0 Å². The van der Waals surface area contributed by atoms with Crippen LogP contribution in [0, 0.1) is 0 Å². The van der Waals surface area contributed by atoms with Gasteiger partial charge >= 0.3 is 0 Å². The average molecular weight is 354 g/mol. The fraction of sp³-hybridized carbons (Fsp3) is 0.300. The Hall–Kier alpha value is -3.02. The monoisotopic (exact) mass is 354 g/mol. The van der Waals surface area contributed by atoms with E-state index in [0.717, 1.165) is 12.8 Å². The van der Waals surface area contributed by atoms with Crippen molar-refractivity contribution in [1.82, 2.24) is 10.9 Å². The summed E-state index contributed by atoms with van der Waals surface area (Å²) in [4.78, 5) is 24.3. The standard InChI is InChI=1S/C20H22N2O4/c1-25-18-13-15(11-12-17(18)26-16-9-5-6-10-16)20(24)22-21-19(23)14-7-3-2-4-8-14/h2-4,7-8,11-13,16H,5-6,9-10H2,1H3,(H,21,23)(H,22,24). The first-order valence-corrected chi connectivity index (χ1v) is 8.68. The Kier molecular flexibility index (Phi) is 5.73. The van der Waals surface area contributed by atoms with Crippen LogP contribution in [0.15, 0.2) is 48.5 Å². The van der Waals surface area contributed by atoms with Crippen LogP contribution in [0.25, 0.3) is 0 Å². The number of hydrogen-bond acceptors (Lipinski definition) is 4. The molecule has 0 aromatic heterocycles. The van der Waals surface area contributed by atoms with Crippen molar-refractivity contribution in [3.8, 4) is 11.5 Å². The second-order valence-electron chi connectivity index (χ2n) is 6.16. The van der Waals surface area contributed by atoms with Crippen LogP contribution in [0.1, 0.15) is 46.4 Å². The van der Waals surface area contributed by atoms with Gasteiger partial charge in [0.2, 0.25) is 0 Å². The number of carbonyl (C=O) groups excluding carboxylic acids is 2. The molecule has 0 atom stereocenters. The van der Waals surface area contributed by atoms with E-state index >= 15 is 0 Å². The number of carbonyl (C=O) groups is 2. The summed E-state index contributed by atoms with van der Waals surface area (Å²) >= 11 is 0. The first-order chi connectivity index (χ1) is 12.7. The molecule has 0 unspecified atom stereocenters. The second kappa shape index (κ2) is 8.38. The van der Waals surface area contributed by atoms with Crippen molar-refractivity contribution in [2.75, 3.05) is 7.11 Å². The van der Waals surface area contributed by atoms with Crippen LogP contribution in [0.5, 0.6) is 11.5 Å². The lowest BCUT2D eigenvalue weighted by molar-refractivity contribution is 0.0846. The van der Waals surface area contributed by atoms with Gasteiger partial charge in [0.25, 0.3) is 11.8 Å². The van der Waals surface area contributed by atoms with E-state index in [9.17, 15) is 9.59 Å². The molecule has 0 heterocycles. The molecule has 2 amide bonds. The first-order valence-electron chi connectivity index (χ1n) is 8.68. The van der Waals surface area contributed by atoms with Gasteiger partial charge in [-0.1, -0.05) is 18.2 Å². The highest BCUT2D eigenvalue weighted by atomic mass is 16.5. The molecule has 1 saturated carbocycles. The fourth-order valence-electron chi connectivity index (χ4n) is 2.94. The zero-order valence-electron chi connectivity index (χ0n) is 14.7. The molecule has 0 bridgehead atoms. The predicted molar refractivity (Wildman–Crippen MR) is 97.3 cm³/mol. The molecule has 1 fully saturated rings. The van der Waals surface area contributed by atoms with Crippen molar-refractivity contribution < 1.29 is 19.1 Å². The van der Waals surface area contributed by atoms with Crippen LogP contribution in [0.2, 0.25) is 0 Å². The van der Waals surface area contributed by atoms with Gasteiger partial charge in [0, 0.05) is 11.1 Å². The van der Waals surface area contributed by atoms with Gasteiger partial charge in [-0.2, -0.15) is 0 Å². The molecule has 0 radical (unpaired) electrons. The second-order valence-corrected chi connectivity index (χ2v) is 6.16. The van der Waals surface area contributed by atoms with E-state index in [1.165, 1.54) is 20.0 Å². The van der Waals surface area contributed by atoms with Crippen molar-refractivity contribution >= 4 is 11.8 Å². The van der Waals surface area contributed by atoms with E-state index in [-0.39, 0.29) is 12.0 Å². The summed E-state index contributed by atoms with van der Waals surface area (Å²) in [5, 5.41) is 0. The molecule has 136 valence electrons. The minimum atomic E-state index is -0.431.